The van der Waals surface area contributed by atoms with Gasteiger partial charge in [-0.1, -0.05) is 63.7 Å². The van der Waals surface area contributed by atoms with Gasteiger partial charge in [-0.3, -0.25) is 9.69 Å². The number of carbonyl (C=O) groups is 1. The number of likely N-dealkylation sites (N-methyl/N-ethyl adjacent to an activating group) is 1. The summed E-state index contributed by atoms with van der Waals surface area (Å²) in [6.07, 6.45) is 3.45. The van der Waals surface area contributed by atoms with Gasteiger partial charge in [0.1, 0.15) is 12.4 Å². The molecule has 6 rings (SSSR count). The zero-order valence-corrected chi connectivity index (χ0v) is 31.0. The van der Waals surface area contributed by atoms with Crippen molar-refractivity contribution in [3.05, 3.63) is 66.4 Å². The summed E-state index contributed by atoms with van der Waals surface area (Å²) in [4.78, 5) is 31.5. The van der Waals surface area contributed by atoms with Gasteiger partial charge in [0.2, 0.25) is 5.91 Å². The number of rotatable bonds is 9. The number of anilines is 2. The number of fused-ring (bicyclic) bond motifs is 2. The first-order valence-corrected chi connectivity index (χ1v) is 20.5. The molecule has 1 amide bonds. The van der Waals surface area contributed by atoms with Gasteiger partial charge in [-0.2, -0.15) is 15.2 Å². The molecule has 3 aromatic rings. The molecular formula is C38H51N7O3Si. The van der Waals surface area contributed by atoms with Crippen LogP contribution in [0.4, 0.5) is 11.5 Å². The molecule has 0 spiro atoms. The number of aromatic nitrogens is 2. The minimum absolute atomic E-state index is 0.143. The van der Waals surface area contributed by atoms with E-state index in [9.17, 15) is 10.1 Å². The van der Waals surface area contributed by atoms with Crippen LogP contribution in [0, 0.1) is 11.3 Å². The Morgan fingerprint density at radius 1 is 1.06 bits per heavy atom. The Morgan fingerprint density at radius 3 is 2.59 bits per heavy atom. The van der Waals surface area contributed by atoms with Crippen molar-refractivity contribution < 1.29 is 14.0 Å². The summed E-state index contributed by atoms with van der Waals surface area (Å²) in [5, 5.41) is 12.2. The number of hydrogen-bond donors (Lipinski definition) is 0. The molecule has 3 aliphatic rings. The van der Waals surface area contributed by atoms with Gasteiger partial charge in [0.25, 0.3) is 0 Å². The number of carbonyl (C=O) groups excluding carboxylic acids is 1. The summed E-state index contributed by atoms with van der Waals surface area (Å²) < 4.78 is 13.3. The molecule has 2 fully saturated rings. The minimum atomic E-state index is -1.89. The largest absolute Gasteiger partial charge is 0.462 e. The predicted octanol–water partition coefficient (Wildman–Crippen LogP) is 5.78. The first-order valence-electron chi connectivity index (χ1n) is 17.6. The van der Waals surface area contributed by atoms with Gasteiger partial charge >= 0.3 is 6.01 Å². The van der Waals surface area contributed by atoms with E-state index < -0.39 is 8.32 Å². The van der Waals surface area contributed by atoms with Crippen molar-refractivity contribution in [3.63, 3.8) is 0 Å². The molecule has 260 valence electrons. The second kappa shape index (κ2) is 14.1. The Kier molecular flexibility index (Phi) is 10.0. The maximum atomic E-state index is 12.7. The minimum Gasteiger partial charge on any atom is -0.462 e. The maximum absolute atomic E-state index is 12.7. The van der Waals surface area contributed by atoms with E-state index in [-0.39, 0.29) is 35.6 Å². The van der Waals surface area contributed by atoms with E-state index >= 15 is 0 Å². The average Bonchev–Trinajstić information content (AvgIpc) is 3.43. The number of hydrogen-bond acceptors (Lipinski definition) is 9. The van der Waals surface area contributed by atoms with Crippen molar-refractivity contribution in [2.24, 2.45) is 0 Å². The van der Waals surface area contributed by atoms with Crippen molar-refractivity contribution >= 4 is 36.5 Å². The van der Waals surface area contributed by atoms with Crippen molar-refractivity contribution in [2.45, 2.75) is 82.9 Å². The summed E-state index contributed by atoms with van der Waals surface area (Å²) in [5.74, 6) is 0.709. The normalized spacial score (nSPS) is 21.8. The van der Waals surface area contributed by atoms with Gasteiger partial charge in [-0.25, -0.2) is 0 Å². The number of piperazine rings is 1. The van der Waals surface area contributed by atoms with E-state index in [4.69, 9.17) is 19.1 Å². The number of nitriles is 1. The highest BCUT2D eigenvalue weighted by Crippen LogP contribution is 2.39. The molecule has 1 aromatic heterocycles. The third kappa shape index (κ3) is 7.32. The van der Waals surface area contributed by atoms with Crippen LogP contribution < -0.4 is 14.5 Å². The topological polar surface area (TPSA) is 98.1 Å². The average molecular weight is 682 g/mol. The molecule has 0 aliphatic carbocycles. The Balaban J connectivity index is 1.27. The molecular weight excluding hydrogens is 631 g/mol. The number of likely N-dealkylation sites (tertiary alicyclic amines) is 1. The molecule has 0 saturated carbocycles. The molecule has 2 saturated heterocycles. The quantitative estimate of drug-likeness (QED) is 0.206. The number of amides is 1. The highest BCUT2D eigenvalue weighted by Gasteiger charge is 2.42. The molecule has 3 aliphatic heterocycles. The van der Waals surface area contributed by atoms with Crippen LogP contribution in [0.1, 0.15) is 44.9 Å². The lowest BCUT2D eigenvalue weighted by molar-refractivity contribution is -0.128. The van der Waals surface area contributed by atoms with Crippen molar-refractivity contribution in [1.82, 2.24) is 19.8 Å². The number of nitrogens with zero attached hydrogens (tertiary/aromatic N) is 7. The number of ether oxygens (including phenoxy) is 1. The molecule has 3 atom stereocenters. The zero-order valence-electron chi connectivity index (χ0n) is 30.0. The van der Waals surface area contributed by atoms with E-state index in [1.54, 1.807) is 4.90 Å². The van der Waals surface area contributed by atoms with E-state index in [2.05, 4.69) is 111 Å². The molecule has 10 nitrogen and oxygen atoms in total. The van der Waals surface area contributed by atoms with Crippen molar-refractivity contribution in [1.29, 1.82) is 5.26 Å². The lowest BCUT2D eigenvalue weighted by Crippen LogP contribution is -2.55. The summed E-state index contributed by atoms with van der Waals surface area (Å²) in [6, 6.07) is 17.6. The molecule has 0 bridgehead atoms. The summed E-state index contributed by atoms with van der Waals surface area (Å²) >= 11 is 0. The van der Waals surface area contributed by atoms with Crippen LogP contribution in [0.3, 0.4) is 0 Å². The fourth-order valence-corrected chi connectivity index (χ4v) is 8.57. The fourth-order valence-electron chi connectivity index (χ4n) is 7.21. The number of benzene rings is 2. The summed E-state index contributed by atoms with van der Waals surface area (Å²) in [7, 11) is 0.252. The van der Waals surface area contributed by atoms with Gasteiger partial charge in [0, 0.05) is 55.4 Å². The van der Waals surface area contributed by atoms with E-state index in [0.717, 1.165) is 43.0 Å². The van der Waals surface area contributed by atoms with E-state index in [1.165, 1.54) is 22.5 Å². The van der Waals surface area contributed by atoms with Gasteiger partial charge in [-0.15, -0.1) is 0 Å². The van der Waals surface area contributed by atoms with E-state index in [1.807, 2.05) is 0 Å². The Bertz CT molecular complexity index is 1730. The van der Waals surface area contributed by atoms with Crippen LogP contribution in [-0.2, 0) is 22.2 Å². The highest BCUT2D eigenvalue weighted by atomic mass is 28.4. The monoisotopic (exact) mass is 681 g/mol. The Morgan fingerprint density at radius 2 is 1.84 bits per heavy atom. The second-order valence-electron chi connectivity index (χ2n) is 15.3. The predicted molar refractivity (Wildman–Crippen MR) is 197 cm³/mol. The van der Waals surface area contributed by atoms with Crippen LogP contribution in [0.15, 0.2) is 55.1 Å². The van der Waals surface area contributed by atoms with E-state index in [0.29, 0.717) is 38.8 Å². The Labute approximate surface area is 292 Å². The first-order chi connectivity index (χ1) is 23.4. The Hall–Kier alpha value is -3.98. The van der Waals surface area contributed by atoms with Crippen LogP contribution in [-0.4, -0.2) is 98.6 Å². The van der Waals surface area contributed by atoms with Gasteiger partial charge in [0.15, 0.2) is 8.32 Å². The standard InChI is InChI=1S/C38H51N7O3Si/c1-8-35(46)45-21-20-44(23-28(45)16-18-39)36-32-17-19-43(34-15-11-13-27-12-9-10-14-31(27)34)25-33(32)40-37(41-36)47-26-29-22-30(24-42(29)5)48-49(6,7)38(2,3)4/h8-15,28-30H,1,16-17,19-26H2,2-7H3/t28?,29-,30+/m0/s1. The fraction of sp³-hybridized carbons (Fsp3) is 0.526. The zero-order chi connectivity index (χ0) is 34.9. The van der Waals surface area contributed by atoms with Crippen LogP contribution in [0.2, 0.25) is 18.1 Å². The third-order valence-corrected chi connectivity index (χ3v) is 15.6. The van der Waals surface area contributed by atoms with Gasteiger partial charge in [-0.05, 0) is 55.6 Å². The molecule has 11 heteroatoms. The molecule has 2 aromatic carbocycles. The lowest BCUT2D eigenvalue weighted by atomic mass is 10.0. The molecule has 4 heterocycles. The van der Waals surface area contributed by atoms with Crippen molar-refractivity contribution in [2.75, 3.05) is 56.2 Å². The van der Waals surface area contributed by atoms with Crippen LogP contribution >= 0.6 is 0 Å². The van der Waals surface area contributed by atoms with Crippen LogP contribution in [0.5, 0.6) is 6.01 Å². The summed E-state index contributed by atoms with van der Waals surface area (Å²) in [6.45, 7) is 19.6. The SMILES string of the molecule is C=CC(=O)N1CCN(c2nc(OC[C@@H]3C[C@@H](O[Si](C)(C)C(C)(C)C)CN3C)nc3c2CCN(c2cccc4ccccc24)C3)CC1CC#N. The van der Waals surface area contributed by atoms with Crippen LogP contribution in [0.25, 0.3) is 10.8 Å². The molecule has 1 unspecified atom stereocenters. The van der Waals surface area contributed by atoms with Crippen molar-refractivity contribution in [3.8, 4) is 12.1 Å². The molecule has 49 heavy (non-hydrogen) atoms. The van der Waals surface area contributed by atoms with Gasteiger partial charge < -0.3 is 23.9 Å². The molecule has 0 radical (unpaired) electrons. The maximum Gasteiger partial charge on any atom is 0.318 e. The molecule has 0 N–H and O–H groups in total. The van der Waals surface area contributed by atoms with Gasteiger partial charge in [0.05, 0.1) is 36.9 Å². The summed E-state index contributed by atoms with van der Waals surface area (Å²) in [5.41, 5.74) is 3.26. The smallest absolute Gasteiger partial charge is 0.318 e. The first kappa shape index (κ1) is 34.9. The highest BCUT2D eigenvalue weighted by molar-refractivity contribution is 6.74. The second-order valence-corrected chi connectivity index (χ2v) is 20.0. The lowest BCUT2D eigenvalue weighted by Gasteiger charge is -2.42. The third-order valence-electron chi connectivity index (χ3n) is 11.0.